The average Bonchev–Trinajstić information content (AvgIpc) is 3.37. The predicted octanol–water partition coefficient (Wildman–Crippen LogP) is 5.76. The van der Waals surface area contributed by atoms with Crippen molar-refractivity contribution in [3.8, 4) is 34.4 Å². The summed E-state index contributed by atoms with van der Waals surface area (Å²) in [5.74, 6) is -1.87. The van der Waals surface area contributed by atoms with Crippen LogP contribution in [0.1, 0.15) is 26.3 Å². The van der Waals surface area contributed by atoms with Gasteiger partial charge in [-0.1, -0.05) is 13.0 Å². The zero-order chi connectivity index (χ0) is 28.4. The number of aliphatic hydroxyl groups excluding tert-OH is 1. The van der Waals surface area contributed by atoms with Crippen LogP contribution in [0.3, 0.4) is 0 Å². The van der Waals surface area contributed by atoms with Crippen LogP contribution < -0.4 is 14.8 Å². The highest BCUT2D eigenvalue weighted by molar-refractivity contribution is 5.98. The Labute approximate surface area is 229 Å². The van der Waals surface area contributed by atoms with Gasteiger partial charge in [0.25, 0.3) is 6.02 Å². The van der Waals surface area contributed by atoms with Crippen LogP contribution >= 0.6 is 0 Å². The Morgan fingerprint density at radius 2 is 1.98 bits per heavy atom. The summed E-state index contributed by atoms with van der Waals surface area (Å²) in [4.78, 5) is 11.6. The van der Waals surface area contributed by atoms with E-state index in [0.717, 1.165) is 12.1 Å². The largest absolute Gasteiger partial charge is 0.490 e. The molecule has 0 amide bonds. The molecule has 0 aliphatic carbocycles. The summed E-state index contributed by atoms with van der Waals surface area (Å²) in [7, 11) is 0. The Morgan fingerprint density at radius 1 is 1.20 bits per heavy atom. The van der Waals surface area contributed by atoms with Gasteiger partial charge in [0.05, 0.1) is 30.2 Å². The Hall–Kier alpha value is -4.69. The summed E-state index contributed by atoms with van der Waals surface area (Å²) in [5, 5.41) is 22.2. The van der Waals surface area contributed by atoms with Gasteiger partial charge < -0.3 is 29.6 Å². The average molecular weight is 548 g/mol. The molecule has 0 spiro atoms. The van der Waals surface area contributed by atoms with Crippen molar-refractivity contribution in [1.29, 1.82) is 5.26 Å². The second kappa shape index (κ2) is 10.8. The number of aromatic nitrogens is 2. The maximum Gasteiger partial charge on any atom is 0.289 e. The lowest BCUT2D eigenvalue weighted by atomic mass is 9.93. The van der Waals surface area contributed by atoms with Gasteiger partial charge in [-0.15, -0.1) is 0 Å². The zero-order valence-electron chi connectivity index (χ0n) is 22.1. The summed E-state index contributed by atoms with van der Waals surface area (Å²) < 4.78 is 47.4. The molecule has 1 atom stereocenters. The van der Waals surface area contributed by atoms with Crippen molar-refractivity contribution in [1.82, 2.24) is 9.97 Å². The number of aliphatic imine (C=N–C) groups is 1. The number of fused-ring (bicyclic) bond motifs is 1. The highest BCUT2D eigenvalue weighted by Crippen LogP contribution is 2.40. The minimum absolute atomic E-state index is 0.0891. The summed E-state index contributed by atoms with van der Waals surface area (Å²) in [6.45, 7) is 5.97. The Bertz CT molecular complexity index is 1620. The van der Waals surface area contributed by atoms with E-state index in [2.05, 4.69) is 26.3 Å². The van der Waals surface area contributed by atoms with Crippen molar-refractivity contribution >= 4 is 22.7 Å². The molecule has 4 aromatic rings. The van der Waals surface area contributed by atoms with Crippen LogP contribution in [0.5, 0.6) is 17.2 Å². The second-order valence-corrected chi connectivity index (χ2v) is 10.1. The number of hydrogen-bond acceptors (Lipinski definition) is 8. The van der Waals surface area contributed by atoms with Crippen LogP contribution in [0.25, 0.3) is 22.2 Å². The van der Waals surface area contributed by atoms with E-state index in [1.807, 2.05) is 20.8 Å². The number of ether oxygens (including phenoxy) is 3. The summed E-state index contributed by atoms with van der Waals surface area (Å²) in [6, 6.07) is 11.0. The minimum Gasteiger partial charge on any atom is -0.490 e. The third-order valence-corrected chi connectivity index (χ3v) is 6.32. The highest BCUT2D eigenvalue weighted by atomic mass is 19.1. The first-order chi connectivity index (χ1) is 19.2. The molecule has 5 rings (SSSR count). The standard InChI is InChI=1S/C29H27F2N5O4/c1-16(2)39-24-8-17(4-5-18(24)11-32)20-12-34-27-25(20)23(6-7-33-27)40-26-21(30)9-19(10-22(26)31)36-28-35-13-29(3,14-37)15-38-28/h4-10,12,16,37H,13-15H2,1-3H3,(H,33,34)(H,35,36)/t29-/m1/s1. The van der Waals surface area contributed by atoms with Gasteiger partial charge in [0.15, 0.2) is 17.4 Å². The van der Waals surface area contributed by atoms with Crippen molar-refractivity contribution in [2.45, 2.75) is 26.9 Å². The number of H-pyrrole nitrogens is 1. The van der Waals surface area contributed by atoms with Gasteiger partial charge in [-0.05, 0) is 37.6 Å². The zero-order valence-corrected chi connectivity index (χ0v) is 22.1. The molecule has 0 saturated heterocycles. The molecular formula is C29H27F2N5O4. The van der Waals surface area contributed by atoms with Crippen molar-refractivity contribution < 1.29 is 28.1 Å². The molecule has 2 aromatic heterocycles. The minimum atomic E-state index is -0.938. The topological polar surface area (TPSA) is 125 Å². The third-order valence-electron chi connectivity index (χ3n) is 6.32. The fraction of sp³-hybridized carbons (Fsp3) is 0.276. The van der Waals surface area contributed by atoms with Crippen LogP contribution in [0.2, 0.25) is 0 Å². The number of benzene rings is 2. The van der Waals surface area contributed by atoms with Gasteiger partial charge in [-0.25, -0.2) is 18.8 Å². The number of halogens is 2. The number of nitriles is 1. The van der Waals surface area contributed by atoms with Crippen molar-refractivity contribution in [3.63, 3.8) is 0 Å². The number of hydrogen-bond donors (Lipinski definition) is 3. The fourth-order valence-electron chi connectivity index (χ4n) is 4.20. The van der Waals surface area contributed by atoms with E-state index in [0.29, 0.717) is 40.0 Å². The fourth-order valence-corrected chi connectivity index (χ4v) is 4.20. The monoisotopic (exact) mass is 547 g/mol. The maximum atomic E-state index is 15.1. The number of pyridine rings is 1. The molecule has 1 aliphatic rings. The van der Waals surface area contributed by atoms with Gasteiger partial charge in [0.1, 0.15) is 29.8 Å². The number of anilines is 1. The molecule has 0 unspecified atom stereocenters. The smallest absolute Gasteiger partial charge is 0.289 e. The van der Waals surface area contributed by atoms with Gasteiger partial charge in [-0.3, -0.25) is 0 Å². The molecule has 9 nitrogen and oxygen atoms in total. The molecule has 11 heteroatoms. The van der Waals surface area contributed by atoms with Gasteiger partial charge in [0.2, 0.25) is 0 Å². The molecule has 0 radical (unpaired) electrons. The van der Waals surface area contributed by atoms with Gasteiger partial charge in [0, 0.05) is 41.2 Å². The quantitative estimate of drug-likeness (QED) is 0.269. The van der Waals surface area contributed by atoms with Crippen LogP contribution in [0.4, 0.5) is 14.5 Å². The van der Waals surface area contributed by atoms with E-state index >= 15 is 8.78 Å². The first-order valence-electron chi connectivity index (χ1n) is 12.6. The first-order valence-corrected chi connectivity index (χ1v) is 12.6. The second-order valence-electron chi connectivity index (χ2n) is 10.1. The van der Waals surface area contributed by atoms with E-state index < -0.39 is 22.8 Å². The van der Waals surface area contributed by atoms with E-state index in [-0.39, 0.29) is 36.8 Å². The molecule has 206 valence electrons. The van der Waals surface area contributed by atoms with Crippen LogP contribution in [-0.4, -0.2) is 47.0 Å². The Kier molecular flexibility index (Phi) is 7.28. The molecule has 1 aliphatic heterocycles. The number of nitrogens with zero attached hydrogens (tertiary/aromatic N) is 3. The molecule has 40 heavy (non-hydrogen) atoms. The predicted molar refractivity (Wildman–Crippen MR) is 146 cm³/mol. The van der Waals surface area contributed by atoms with Crippen molar-refractivity contribution in [2.24, 2.45) is 10.4 Å². The normalized spacial score (nSPS) is 16.8. The number of aromatic amines is 1. The number of nitrogens with one attached hydrogen (secondary N) is 2. The summed E-state index contributed by atoms with van der Waals surface area (Å²) >= 11 is 0. The van der Waals surface area contributed by atoms with Gasteiger partial charge >= 0.3 is 0 Å². The summed E-state index contributed by atoms with van der Waals surface area (Å²) in [5.41, 5.74) is 1.77. The lowest BCUT2D eigenvalue weighted by molar-refractivity contribution is 0.0706. The first kappa shape index (κ1) is 26.9. The molecule has 0 fully saturated rings. The van der Waals surface area contributed by atoms with Crippen LogP contribution in [0, 0.1) is 28.4 Å². The van der Waals surface area contributed by atoms with Crippen molar-refractivity contribution in [2.75, 3.05) is 25.1 Å². The maximum absolute atomic E-state index is 15.1. The van der Waals surface area contributed by atoms with Gasteiger partial charge in [-0.2, -0.15) is 5.26 Å². The number of rotatable bonds is 7. The van der Waals surface area contributed by atoms with E-state index in [1.54, 1.807) is 24.4 Å². The molecule has 3 N–H and O–H groups in total. The molecule has 2 aromatic carbocycles. The third kappa shape index (κ3) is 5.39. The van der Waals surface area contributed by atoms with E-state index in [9.17, 15) is 10.4 Å². The summed E-state index contributed by atoms with van der Waals surface area (Å²) in [6.07, 6.45) is 3.03. The van der Waals surface area contributed by atoms with Crippen molar-refractivity contribution in [3.05, 3.63) is 66.0 Å². The molecular weight excluding hydrogens is 520 g/mol. The number of aliphatic hydroxyl groups is 1. The van der Waals surface area contributed by atoms with E-state index in [1.165, 1.54) is 12.3 Å². The molecule has 3 heterocycles. The molecule has 0 saturated carbocycles. The highest BCUT2D eigenvalue weighted by Gasteiger charge is 2.29. The lowest BCUT2D eigenvalue weighted by Crippen LogP contribution is -2.38. The number of amidine groups is 1. The Morgan fingerprint density at radius 3 is 2.62 bits per heavy atom. The Balaban J connectivity index is 1.46. The SMILES string of the molecule is CC(C)Oc1cc(-c2c[nH]c3nccc(Oc4c(F)cc(NC5=NC[C@](C)(CO)CO5)cc4F)c23)ccc1C#N. The lowest BCUT2D eigenvalue weighted by Gasteiger charge is -2.30. The molecule has 0 bridgehead atoms. The van der Waals surface area contributed by atoms with Crippen LogP contribution in [0.15, 0.2) is 53.8 Å². The van der Waals surface area contributed by atoms with E-state index in [4.69, 9.17) is 14.2 Å². The van der Waals surface area contributed by atoms with Crippen LogP contribution in [-0.2, 0) is 4.74 Å².